The standard InChI is InChI=1S/C14H21N/c1-11(2)5-4-6-13-7-8-14(10-15)12(3)9-13/h5,9,12,14H,4,6-8H2,1-3H3. The lowest BCUT2D eigenvalue weighted by molar-refractivity contribution is 0.453. The number of rotatable bonds is 3. The average molecular weight is 203 g/mol. The van der Waals surface area contributed by atoms with Crippen molar-refractivity contribution < 1.29 is 0 Å². The SMILES string of the molecule is CC(C)=CCCC1=CC(C)C(C#N)CC1. The number of hydrogen-bond acceptors (Lipinski definition) is 1. The zero-order chi connectivity index (χ0) is 11.3. The maximum Gasteiger partial charge on any atom is 0.0661 e. The summed E-state index contributed by atoms with van der Waals surface area (Å²) in [4.78, 5) is 0. The van der Waals surface area contributed by atoms with E-state index in [1.54, 1.807) is 5.57 Å². The molecule has 0 heterocycles. The van der Waals surface area contributed by atoms with Crippen LogP contribution in [0.5, 0.6) is 0 Å². The molecule has 0 amide bonds. The van der Waals surface area contributed by atoms with Gasteiger partial charge in [0.1, 0.15) is 0 Å². The highest BCUT2D eigenvalue weighted by molar-refractivity contribution is 5.13. The van der Waals surface area contributed by atoms with Crippen LogP contribution in [0.4, 0.5) is 0 Å². The van der Waals surface area contributed by atoms with Crippen molar-refractivity contribution in [1.29, 1.82) is 5.26 Å². The molecular formula is C14H21N. The lowest BCUT2D eigenvalue weighted by atomic mass is 9.81. The third-order valence-electron chi connectivity index (χ3n) is 3.09. The molecular weight excluding hydrogens is 182 g/mol. The van der Waals surface area contributed by atoms with Crippen LogP contribution in [0.1, 0.15) is 46.5 Å². The maximum absolute atomic E-state index is 8.91. The second-order valence-electron chi connectivity index (χ2n) is 4.78. The Morgan fingerprint density at radius 2 is 2.33 bits per heavy atom. The summed E-state index contributed by atoms with van der Waals surface area (Å²) in [6.07, 6.45) is 9.11. The Balaban J connectivity index is 2.45. The molecule has 1 rings (SSSR count). The Kier molecular flexibility index (Phi) is 4.62. The minimum absolute atomic E-state index is 0.247. The second kappa shape index (κ2) is 5.75. The molecule has 0 saturated heterocycles. The van der Waals surface area contributed by atoms with E-state index in [1.165, 1.54) is 12.0 Å². The first-order chi connectivity index (χ1) is 7.13. The first-order valence-electron chi connectivity index (χ1n) is 5.86. The van der Waals surface area contributed by atoms with Gasteiger partial charge in [0.2, 0.25) is 0 Å². The number of nitriles is 1. The fourth-order valence-corrected chi connectivity index (χ4v) is 2.11. The van der Waals surface area contributed by atoms with Crippen LogP contribution < -0.4 is 0 Å². The molecule has 1 aliphatic carbocycles. The molecule has 2 atom stereocenters. The lowest BCUT2D eigenvalue weighted by Crippen LogP contribution is -2.13. The minimum atomic E-state index is 0.247. The molecule has 2 unspecified atom stereocenters. The molecule has 0 aromatic heterocycles. The number of nitrogens with zero attached hydrogens (tertiary/aromatic N) is 1. The van der Waals surface area contributed by atoms with Crippen LogP contribution in [0.2, 0.25) is 0 Å². The Bertz CT molecular complexity index is 300. The summed E-state index contributed by atoms with van der Waals surface area (Å²) in [5.74, 6) is 0.697. The quantitative estimate of drug-likeness (QED) is 0.630. The van der Waals surface area contributed by atoms with Crippen LogP contribution >= 0.6 is 0 Å². The summed E-state index contributed by atoms with van der Waals surface area (Å²) >= 11 is 0. The average Bonchev–Trinajstić information content (AvgIpc) is 2.17. The molecule has 1 heteroatoms. The molecule has 0 spiro atoms. The van der Waals surface area contributed by atoms with Gasteiger partial charge in [-0.3, -0.25) is 0 Å². The second-order valence-corrected chi connectivity index (χ2v) is 4.78. The molecule has 0 N–H and O–H groups in total. The first kappa shape index (κ1) is 12.0. The highest BCUT2D eigenvalue weighted by atomic mass is 14.3. The molecule has 0 bridgehead atoms. The maximum atomic E-state index is 8.91. The van der Waals surface area contributed by atoms with Gasteiger partial charge in [-0.25, -0.2) is 0 Å². The molecule has 15 heavy (non-hydrogen) atoms. The van der Waals surface area contributed by atoms with Gasteiger partial charge < -0.3 is 0 Å². The third-order valence-corrected chi connectivity index (χ3v) is 3.09. The smallest absolute Gasteiger partial charge is 0.0661 e. The predicted octanol–water partition coefficient (Wildman–Crippen LogP) is 4.23. The van der Waals surface area contributed by atoms with Gasteiger partial charge in [-0.1, -0.05) is 30.2 Å². The van der Waals surface area contributed by atoms with Crippen LogP contribution in [-0.4, -0.2) is 0 Å². The van der Waals surface area contributed by atoms with Crippen molar-refractivity contribution in [1.82, 2.24) is 0 Å². The van der Waals surface area contributed by atoms with Crippen LogP contribution in [0.25, 0.3) is 0 Å². The van der Waals surface area contributed by atoms with Gasteiger partial charge in [0, 0.05) is 0 Å². The van der Waals surface area contributed by atoms with Gasteiger partial charge in [0.05, 0.1) is 12.0 Å². The predicted molar refractivity (Wildman–Crippen MR) is 64.2 cm³/mol. The minimum Gasteiger partial charge on any atom is -0.198 e. The first-order valence-corrected chi connectivity index (χ1v) is 5.86. The van der Waals surface area contributed by atoms with Gasteiger partial charge >= 0.3 is 0 Å². The van der Waals surface area contributed by atoms with E-state index in [0.717, 1.165) is 19.3 Å². The van der Waals surface area contributed by atoms with Crippen molar-refractivity contribution in [3.8, 4) is 6.07 Å². The topological polar surface area (TPSA) is 23.8 Å². The molecule has 0 saturated carbocycles. The largest absolute Gasteiger partial charge is 0.198 e. The Morgan fingerprint density at radius 3 is 2.87 bits per heavy atom. The highest BCUT2D eigenvalue weighted by Gasteiger charge is 2.20. The monoisotopic (exact) mass is 203 g/mol. The van der Waals surface area contributed by atoms with E-state index in [1.807, 2.05) is 0 Å². The summed E-state index contributed by atoms with van der Waals surface area (Å²) in [7, 11) is 0. The summed E-state index contributed by atoms with van der Waals surface area (Å²) in [6.45, 7) is 6.45. The van der Waals surface area contributed by atoms with E-state index < -0.39 is 0 Å². The van der Waals surface area contributed by atoms with Crippen LogP contribution in [0.3, 0.4) is 0 Å². The summed E-state index contributed by atoms with van der Waals surface area (Å²) in [5, 5.41) is 8.91. The highest BCUT2D eigenvalue weighted by Crippen LogP contribution is 2.30. The van der Waals surface area contributed by atoms with E-state index in [-0.39, 0.29) is 5.92 Å². The summed E-state index contributed by atoms with van der Waals surface area (Å²) in [5.41, 5.74) is 2.95. The normalized spacial score (nSPS) is 25.3. The number of hydrogen-bond donors (Lipinski definition) is 0. The van der Waals surface area contributed by atoms with Gasteiger partial charge in [-0.2, -0.15) is 5.26 Å². The number of allylic oxidation sites excluding steroid dienone is 4. The molecule has 1 nitrogen and oxygen atoms in total. The Hall–Kier alpha value is -1.03. The van der Waals surface area contributed by atoms with E-state index in [2.05, 4.69) is 39.0 Å². The van der Waals surface area contributed by atoms with Crippen molar-refractivity contribution in [2.75, 3.05) is 0 Å². The molecule has 0 radical (unpaired) electrons. The van der Waals surface area contributed by atoms with Gasteiger partial charge in [0.15, 0.2) is 0 Å². The van der Waals surface area contributed by atoms with Gasteiger partial charge in [-0.15, -0.1) is 0 Å². The zero-order valence-electron chi connectivity index (χ0n) is 10.1. The Morgan fingerprint density at radius 1 is 1.60 bits per heavy atom. The summed E-state index contributed by atoms with van der Waals surface area (Å²) < 4.78 is 0. The van der Waals surface area contributed by atoms with E-state index in [4.69, 9.17) is 5.26 Å². The van der Waals surface area contributed by atoms with Crippen molar-refractivity contribution >= 4 is 0 Å². The van der Waals surface area contributed by atoms with Crippen molar-refractivity contribution in [3.63, 3.8) is 0 Å². The third kappa shape index (κ3) is 3.91. The van der Waals surface area contributed by atoms with E-state index in [0.29, 0.717) is 5.92 Å². The molecule has 0 fully saturated rings. The molecule has 82 valence electrons. The Labute approximate surface area is 93.5 Å². The van der Waals surface area contributed by atoms with Crippen LogP contribution in [0.15, 0.2) is 23.3 Å². The molecule has 0 aromatic carbocycles. The lowest BCUT2D eigenvalue weighted by Gasteiger charge is -2.22. The fraction of sp³-hybridized carbons (Fsp3) is 0.643. The van der Waals surface area contributed by atoms with Crippen molar-refractivity contribution in [2.45, 2.75) is 46.5 Å². The van der Waals surface area contributed by atoms with Crippen molar-refractivity contribution in [2.24, 2.45) is 11.8 Å². The van der Waals surface area contributed by atoms with Gasteiger partial charge in [-0.05, 0) is 45.4 Å². The van der Waals surface area contributed by atoms with E-state index in [9.17, 15) is 0 Å². The molecule has 0 aliphatic heterocycles. The van der Waals surface area contributed by atoms with Crippen molar-refractivity contribution in [3.05, 3.63) is 23.3 Å². The summed E-state index contributed by atoms with van der Waals surface area (Å²) in [6, 6.07) is 2.39. The van der Waals surface area contributed by atoms with Crippen LogP contribution in [0, 0.1) is 23.2 Å². The molecule has 0 aromatic rings. The molecule has 1 aliphatic rings. The zero-order valence-corrected chi connectivity index (χ0v) is 10.1. The van der Waals surface area contributed by atoms with Gasteiger partial charge in [0.25, 0.3) is 0 Å². The van der Waals surface area contributed by atoms with Crippen LogP contribution in [-0.2, 0) is 0 Å². The fourth-order valence-electron chi connectivity index (χ4n) is 2.11. The van der Waals surface area contributed by atoms with E-state index >= 15 is 0 Å².